The van der Waals surface area contributed by atoms with Crippen molar-refractivity contribution in [1.29, 1.82) is 0 Å². The second-order valence-corrected chi connectivity index (χ2v) is 3.57. The normalized spacial score (nSPS) is 9.00. The van der Waals surface area contributed by atoms with Crippen LogP contribution in [0.1, 0.15) is 19.8 Å². The van der Waals surface area contributed by atoms with Gasteiger partial charge < -0.3 is 4.78 Å². The van der Waals surface area contributed by atoms with Crippen molar-refractivity contribution >= 4 is 10.5 Å². The van der Waals surface area contributed by atoms with Crippen molar-refractivity contribution in [3.05, 3.63) is 23.5 Å². The molecule has 0 fully saturated rings. The van der Waals surface area contributed by atoms with Crippen molar-refractivity contribution in [2.75, 3.05) is 0 Å². The van der Waals surface area contributed by atoms with Gasteiger partial charge in [0.1, 0.15) is 22.9 Å². The molecule has 0 saturated carbocycles. The number of halogens is 3. The Morgan fingerprint density at radius 2 is 1.83 bits per heavy atom. The largest absolute Gasteiger partial charge is 0.686 e. The smallest absolute Gasteiger partial charge is 0.379 e. The molecule has 0 spiro atoms. The highest BCUT2D eigenvalue weighted by Crippen LogP contribution is 1.91. The number of rotatable bonds is 3. The zero-order valence-electron chi connectivity index (χ0n) is 10.1. The molecule has 0 unspecified atom stereocenters. The molecule has 0 aliphatic carbocycles. The summed E-state index contributed by atoms with van der Waals surface area (Å²) in [5, 5.41) is 0. The SMILES string of the molecule is CCCCn1cc[n+](C)c1.FC(F)F.[N-]=S(=O)=O. The topological polar surface area (TPSA) is 65.2 Å². The van der Waals surface area contributed by atoms with Crippen molar-refractivity contribution < 1.29 is 26.2 Å². The number of alkyl halides is 3. The number of hydrogen-bond donors (Lipinski definition) is 0. The standard InChI is InChI=1S/C8H15N2.CHF3.NO2S/c1-3-4-5-10-7-6-9(2)8-10;2-1(3)4;1-4(2)3/h6-8H,3-5H2,1-2H3;1H;/q+1;;-1. The predicted molar refractivity (Wildman–Crippen MR) is 59.9 cm³/mol. The van der Waals surface area contributed by atoms with E-state index in [0.29, 0.717) is 0 Å². The van der Waals surface area contributed by atoms with E-state index in [1.165, 1.54) is 12.8 Å². The summed E-state index contributed by atoms with van der Waals surface area (Å²) < 4.78 is 57.4. The van der Waals surface area contributed by atoms with Gasteiger partial charge in [-0.1, -0.05) is 13.3 Å². The van der Waals surface area contributed by atoms with E-state index < -0.39 is 17.2 Å². The Bertz CT molecular complexity index is 396. The van der Waals surface area contributed by atoms with E-state index in [1.54, 1.807) is 0 Å². The Hall–Kier alpha value is -1.38. The van der Waals surface area contributed by atoms with Crippen LogP contribution in [0.3, 0.4) is 0 Å². The molecule has 106 valence electrons. The van der Waals surface area contributed by atoms with Gasteiger partial charge in [0, 0.05) is 0 Å². The quantitative estimate of drug-likeness (QED) is 0.797. The molecule has 0 N–H and O–H groups in total. The second-order valence-electron chi connectivity index (χ2n) is 3.14. The van der Waals surface area contributed by atoms with Gasteiger partial charge >= 0.3 is 6.68 Å². The fraction of sp³-hybridized carbons (Fsp3) is 0.667. The number of aryl methyl sites for hydroxylation is 2. The van der Waals surface area contributed by atoms with Crippen molar-refractivity contribution in [3.8, 4) is 0 Å². The summed E-state index contributed by atoms with van der Waals surface area (Å²) >= 11 is 0. The maximum atomic E-state index is 9.67. The molecule has 0 aliphatic heterocycles. The maximum Gasteiger partial charge on any atom is 0.379 e. The lowest BCUT2D eigenvalue weighted by molar-refractivity contribution is -0.671. The summed E-state index contributed by atoms with van der Waals surface area (Å²) in [7, 11) is -0.817. The van der Waals surface area contributed by atoms with Crippen molar-refractivity contribution in [2.45, 2.75) is 33.0 Å². The molecule has 1 rings (SSSR count). The Labute approximate surface area is 105 Å². The third-order valence-electron chi connectivity index (χ3n) is 1.59. The van der Waals surface area contributed by atoms with Gasteiger partial charge in [-0.15, -0.1) is 0 Å². The van der Waals surface area contributed by atoms with Gasteiger partial charge in [0.15, 0.2) is 0 Å². The zero-order chi connectivity index (χ0) is 14.6. The highest BCUT2D eigenvalue weighted by atomic mass is 32.2. The van der Waals surface area contributed by atoms with E-state index in [9.17, 15) is 13.2 Å². The number of aromatic nitrogens is 2. The van der Waals surface area contributed by atoms with Gasteiger partial charge in [0.2, 0.25) is 6.33 Å². The van der Waals surface area contributed by atoms with Crippen LogP contribution in [0, 0.1) is 0 Å². The van der Waals surface area contributed by atoms with Crippen molar-refractivity contribution in [2.24, 2.45) is 7.05 Å². The Balaban J connectivity index is 0. The minimum atomic E-state index is -3.67. The van der Waals surface area contributed by atoms with Gasteiger partial charge in [0.05, 0.1) is 13.6 Å². The monoisotopic (exact) mass is 287 g/mol. The minimum absolute atomic E-state index is 1.15. The number of nitrogens with zero attached hydrogens (tertiary/aromatic N) is 3. The zero-order valence-corrected chi connectivity index (χ0v) is 10.9. The molecule has 0 aliphatic rings. The first-order valence-corrected chi connectivity index (χ1v) is 6.04. The number of hydrogen-bond acceptors (Lipinski definition) is 2. The van der Waals surface area contributed by atoms with Crippen molar-refractivity contribution in [1.82, 2.24) is 4.57 Å². The Morgan fingerprint density at radius 3 is 2.11 bits per heavy atom. The number of imidazole rings is 1. The average molecular weight is 287 g/mol. The molecule has 1 heterocycles. The van der Waals surface area contributed by atoms with Crippen LogP contribution in [0.2, 0.25) is 0 Å². The van der Waals surface area contributed by atoms with Gasteiger partial charge in [-0.3, -0.25) is 0 Å². The van der Waals surface area contributed by atoms with Crippen LogP contribution in [0.4, 0.5) is 13.2 Å². The van der Waals surface area contributed by atoms with Crippen LogP contribution in [0.15, 0.2) is 18.7 Å². The molecule has 0 saturated heterocycles. The third-order valence-corrected chi connectivity index (χ3v) is 1.59. The molecule has 1 aromatic heterocycles. The third kappa shape index (κ3) is 20.1. The van der Waals surface area contributed by atoms with Gasteiger partial charge in [0.25, 0.3) is 0 Å². The lowest BCUT2D eigenvalue weighted by Gasteiger charge is -1.90. The van der Waals surface area contributed by atoms with E-state index in [1.807, 2.05) is 7.05 Å². The summed E-state index contributed by atoms with van der Waals surface area (Å²) in [6, 6.07) is 0. The molecule has 0 radical (unpaired) electrons. The molecule has 0 aromatic carbocycles. The van der Waals surface area contributed by atoms with E-state index in [0.717, 1.165) is 6.54 Å². The second kappa shape index (κ2) is 12.1. The van der Waals surface area contributed by atoms with Crippen LogP contribution >= 0.6 is 0 Å². The van der Waals surface area contributed by atoms with E-state index >= 15 is 0 Å². The summed E-state index contributed by atoms with van der Waals surface area (Å²) in [6.45, 7) is -0.305. The fourth-order valence-electron chi connectivity index (χ4n) is 0.975. The van der Waals surface area contributed by atoms with Gasteiger partial charge in [-0.25, -0.2) is 17.6 Å². The van der Waals surface area contributed by atoms with Crippen LogP contribution in [0.25, 0.3) is 4.78 Å². The molecule has 1 aromatic rings. The minimum Gasteiger partial charge on any atom is -0.686 e. The summed E-state index contributed by atoms with van der Waals surface area (Å²) in [4.78, 5) is 0. The first kappa shape index (κ1) is 19.0. The van der Waals surface area contributed by atoms with Crippen LogP contribution in [-0.2, 0) is 24.1 Å². The summed E-state index contributed by atoms with van der Waals surface area (Å²) in [5.41, 5.74) is 0. The molecule has 0 amide bonds. The highest BCUT2D eigenvalue weighted by Gasteiger charge is 1.96. The average Bonchev–Trinajstić information content (AvgIpc) is 2.59. The van der Waals surface area contributed by atoms with E-state index in [4.69, 9.17) is 13.2 Å². The Kier molecular flexibility index (Phi) is 12.7. The first-order valence-electron chi connectivity index (χ1n) is 5.01. The molecule has 18 heavy (non-hydrogen) atoms. The van der Waals surface area contributed by atoms with Crippen molar-refractivity contribution in [3.63, 3.8) is 0 Å². The van der Waals surface area contributed by atoms with Gasteiger partial charge in [-0.05, 0) is 6.42 Å². The van der Waals surface area contributed by atoms with Crippen LogP contribution in [-0.4, -0.2) is 19.7 Å². The van der Waals surface area contributed by atoms with Crippen LogP contribution < -0.4 is 4.57 Å². The summed E-state index contributed by atoms with van der Waals surface area (Å²) in [6.07, 6.45) is 8.82. The maximum absolute atomic E-state index is 9.67. The lowest BCUT2D eigenvalue weighted by atomic mass is 10.3. The molecular formula is C9H16F3N3O2S. The Morgan fingerprint density at radius 1 is 1.39 bits per heavy atom. The van der Waals surface area contributed by atoms with Crippen LogP contribution in [0.5, 0.6) is 0 Å². The predicted octanol–water partition coefficient (Wildman–Crippen LogP) is 1.91. The first-order chi connectivity index (χ1) is 8.29. The lowest BCUT2D eigenvalue weighted by Crippen LogP contribution is -2.23. The molecule has 0 bridgehead atoms. The highest BCUT2D eigenvalue weighted by molar-refractivity contribution is 7.63. The molecule has 9 heteroatoms. The van der Waals surface area contributed by atoms with E-state index in [2.05, 4.69) is 34.8 Å². The fourth-order valence-corrected chi connectivity index (χ4v) is 0.975. The van der Waals surface area contributed by atoms with Gasteiger partial charge in [-0.2, -0.15) is 13.2 Å². The molecule has 0 atom stereocenters. The number of unbranched alkanes of at least 4 members (excludes halogenated alkanes) is 1. The molecule has 5 nitrogen and oxygen atoms in total. The summed E-state index contributed by atoms with van der Waals surface area (Å²) in [5.74, 6) is 0. The van der Waals surface area contributed by atoms with E-state index in [-0.39, 0.29) is 0 Å². The molecular weight excluding hydrogens is 271 g/mol.